The first kappa shape index (κ1) is 18.3. The van der Waals surface area contributed by atoms with Gasteiger partial charge < -0.3 is 14.8 Å². The second-order valence-electron chi connectivity index (χ2n) is 7.60. The molecule has 1 atom stereocenters. The van der Waals surface area contributed by atoms with Crippen molar-refractivity contribution in [1.82, 2.24) is 25.0 Å². The fourth-order valence-corrected chi connectivity index (χ4v) is 4.34. The zero-order chi connectivity index (χ0) is 18.8. The van der Waals surface area contributed by atoms with E-state index in [4.69, 9.17) is 11.6 Å². The molecule has 2 aliphatic rings. The molecule has 0 spiro atoms. The summed E-state index contributed by atoms with van der Waals surface area (Å²) in [5, 5.41) is 12.7. The molecule has 1 aliphatic heterocycles. The van der Waals surface area contributed by atoms with Crippen molar-refractivity contribution in [3.63, 3.8) is 0 Å². The minimum Gasteiger partial charge on any atom is -0.335 e. The lowest BCUT2D eigenvalue weighted by molar-refractivity contribution is 0.186. The first-order chi connectivity index (χ1) is 13.1. The number of hydrogen-bond acceptors (Lipinski definition) is 3. The van der Waals surface area contributed by atoms with Crippen molar-refractivity contribution < 1.29 is 4.79 Å². The van der Waals surface area contributed by atoms with Crippen LogP contribution in [-0.2, 0) is 6.54 Å². The molecule has 1 aliphatic carbocycles. The van der Waals surface area contributed by atoms with Gasteiger partial charge in [0, 0.05) is 17.6 Å². The topological polar surface area (TPSA) is 63.1 Å². The average Bonchev–Trinajstić information content (AvgIpc) is 3.39. The quantitative estimate of drug-likeness (QED) is 0.859. The number of urea groups is 1. The van der Waals surface area contributed by atoms with Gasteiger partial charge in [0.25, 0.3) is 0 Å². The molecule has 2 heterocycles. The Morgan fingerprint density at radius 3 is 2.63 bits per heavy atom. The lowest BCUT2D eigenvalue weighted by Gasteiger charge is -2.26. The minimum atomic E-state index is -0.0140. The fraction of sp³-hybridized carbons (Fsp3) is 0.550. The molecule has 0 unspecified atom stereocenters. The molecule has 27 heavy (non-hydrogen) atoms. The van der Waals surface area contributed by atoms with Crippen LogP contribution in [0.15, 0.2) is 24.3 Å². The highest BCUT2D eigenvalue weighted by molar-refractivity contribution is 6.30. The fourth-order valence-electron chi connectivity index (χ4n) is 4.22. The summed E-state index contributed by atoms with van der Waals surface area (Å²) in [4.78, 5) is 14.8. The average molecular weight is 388 g/mol. The van der Waals surface area contributed by atoms with Crippen molar-refractivity contribution in [1.29, 1.82) is 0 Å². The highest BCUT2D eigenvalue weighted by Crippen LogP contribution is 2.32. The molecule has 1 N–H and O–H groups in total. The Morgan fingerprint density at radius 2 is 1.89 bits per heavy atom. The summed E-state index contributed by atoms with van der Waals surface area (Å²) in [6, 6.07) is 8.19. The molecule has 1 aromatic heterocycles. The van der Waals surface area contributed by atoms with Gasteiger partial charge in [-0.3, -0.25) is 0 Å². The number of likely N-dealkylation sites (tertiary alicyclic amines) is 1. The number of nitrogens with one attached hydrogen (secondary N) is 1. The van der Waals surface area contributed by atoms with E-state index in [9.17, 15) is 4.79 Å². The number of aryl methyl sites for hydroxylation is 1. The van der Waals surface area contributed by atoms with Gasteiger partial charge in [0.05, 0.1) is 12.6 Å². The summed E-state index contributed by atoms with van der Waals surface area (Å²) < 4.78 is 2.12. The Labute approximate surface area is 164 Å². The predicted octanol–water partition coefficient (Wildman–Crippen LogP) is 4.08. The molecule has 1 saturated heterocycles. The third-order valence-electron chi connectivity index (χ3n) is 5.71. The third kappa shape index (κ3) is 3.95. The number of halogens is 1. The van der Waals surface area contributed by atoms with Gasteiger partial charge in [0.15, 0.2) is 5.82 Å². The van der Waals surface area contributed by atoms with E-state index < -0.39 is 0 Å². The summed E-state index contributed by atoms with van der Waals surface area (Å²) in [6.07, 6.45) is 6.53. The van der Waals surface area contributed by atoms with E-state index in [1.165, 1.54) is 12.8 Å². The van der Waals surface area contributed by atoms with E-state index in [-0.39, 0.29) is 12.1 Å². The van der Waals surface area contributed by atoms with Gasteiger partial charge in [-0.05, 0) is 50.3 Å². The molecular weight excluding hydrogens is 362 g/mol. The second kappa shape index (κ2) is 7.89. The first-order valence-corrected chi connectivity index (χ1v) is 10.2. The third-order valence-corrected chi connectivity index (χ3v) is 5.96. The molecule has 144 valence electrons. The van der Waals surface area contributed by atoms with Gasteiger partial charge >= 0.3 is 6.03 Å². The van der Waals surface area contributed by atoms with Crippen LogP contribution in [-0.4, -0.2) is 38.3 Å². The van der Waals surface area contributed by atoms with Crippen LogP contribution in [0, 0.1) is 6.92 Å². The second-order valence-corrected chi connectivity index (χ2v) is 8.04. The zero-order valence-electron chi connectivity index (χ0n) is 15.7. The maximum Gasteiger partial charge on any atom is 0.318 e. The Hall–Kier alpha value is -2.08. The van der Waals surface area contributed by atoms with Gasteiger partial charge in [-0.1, -0.05) is 36.6 Å². The maximum absolute atomic E-state index is 12.8. The van der Waals surface area contributed by atoms with E-state index >= 15 is 0 Å². The van der Waals surface area contributed by atoms with Gasteiger partial charge in [-0.2, -0.15) is 0 Å². The van der Waals surface area contributed by atoms with E-state index in [0.29, 0.717) is 12.6 Å². The van der Waals surface area contributed by atoms with E-state index in [0.717, 1.165) is 54.5 Å². The van der Waals surface area contributed by atoms with Crippen LogP contribution in [0.3, 0.4) is 0 Å². The van der Waals surface area contributed by atoms with Crippen LogP contribution in [0.4, 0.5) is 4.79 Å². The SMILES string of the molecule is Cc1nnc([C@H]2CCCN2C(=O)NC2CCCC2)n1Cc1ccc(Cl)cc1. The summed E-state index contributed by atoms with van der Waals surface area (Å²) in [7, 11) is 0. The van der Waals surface area contributed by atoms with Crippen LogP contribution in [0.1, 0.15) is 61.8 Å². The Balaban J connectivity index is 1.53. The van der Waals surface area contributed by atoms with E-state index in [2.05, 4.69) is 20.1 Å². The van der Waals surface area contributed by atoms with Gasteiger partial charge in [-0.15, -0.1) is 10.2 Å². The number of rotatable bonds is 4. The van der Waals surface area contributed by atoms with Crippen molar-refractivity contribution in [2.24, 2.45) is 0 Å². The van der Waals surface area contributed by atoms with Crippen LogP contribution in [0.5, 0.6) is 0 Å². The van der Waals surface area contributed by atoms with Crippen LogP contribution >= 0.6 is 11.6 Å². The van der Waals surface area contributed by atoms with Gasteiger partial charge in [0.2, 0.25) is 0 Å². The van der Waals surface area contributed by atoms with Gasteiger partial charge in [-0.25, -0.2) is 4.79 Å². The predicted molar refractivity (Wildman–Crippen MR) is 105 cm³/mol. The summed E-state index contributed by atoms with van der Waals surface area (Å²) in [5.41, 5.74) is 1.14. The van der Waals surface area contributed by atoms with Gasteiger partial charge in [0.1, 0.15) is 5.82 Å². The lowest BCUT2D eigenvalue weighted by Crippen LogP contribution is -2.44. The number of amides is 2. The number of nitrogens with zero attached hydrogens (tertiary/aromatic N) is 4. The monoisotopic (exact) mass is 387 g/mol. The van der Waals surface area contributed by atoms with Crippen LogP contribution in [0.25, 0.3) is 0 Å². The number of aromatic nitrogens is 3. The Kier molecular flexibility index (Phi) is 5.34. The summed E-state index contributed by atoms with van der Waals surface area (Å²) >= 11 is 6.00. The highest BCUT2D eigenvalue weighted by atomic mass is 35.5. The molecule has 6 nitrogen and oxygen atoms in total. The number of carbonyl (C=O) groups is 1. The van der Waals surface area contributed by atoms with E-state index in [1.54, 1.807) is 0 Å². The smallest absolute Gasteiger partial charge is 0.318 e. The summed E-state index contributed by atoms with van der Waals surface area (Å²) in [6.45, 7) is 3.42. The molecule has 2 fully saturated rings. The van der Waals surface area contributed by atoms with Crippen molar-refractivity contribution in [2.45, 2.75) is 64.1 Å². The van der Waals surface area contributed by atoms with E-state index in [1.807, 2.05) is 36.1 Å². The number of benzene rings is 1. The molecular formula is C20H26ClN5O. The molecule has 7 heteroatoms. The molecule has 0 radical (unpaired) electrons. The maximum atomic E-state index is 12.8. The Bertz CT molecular complexity index is 797. The summed E-state index contributed by atoms with van der Waals surface area (Å²) in [5.74, 6) is 1.74. The highest BCUT2D eigenvalue weighted by Gasteiger charge is 2.35. The number of carbonyl (C=O) groups excluding carboxylic acids is 1. The van der Waals surface area contributed by atoms with Crippen molar-refractivity contribution in [3.05, 3.63) is 46.5 Å². The molecule has 2 amide bonds. The normalized spacial score (nSPS) is 20.4. The molecule has 4 rings (SSSR count). The number of hydrogen-bond donors (Lipinski definition) is 1. The minimum absolute atomic E-state index is 0.0140. The molecule has 0 bridgehead atoms. The van der Waals surface area contributed by atoms with Crippen LogP contribution < -0.4 is 5.32 Å². The van der Waals surface area contributed by atoms with Crippen LogP contribution in [0.2, 0.25) is 5.02 Å². The first-order valence-electron chi connectivity index (χ1n) is 9.83. The van der Waals surface area contributed by atoms with Crippen molar-refractivity contribution >= 4 is 17.6 Å². The molecule has 1 aromatic carbocycles. The Morgan fingerprint density at radius 1 is 1.15 bits per heavy atom. The largest absolute Gasteiger partial charge is 0.335 e. The molecule has 1 saturated carbocycles. The zero-order valence-corrected chi connectivity index (χ0v) is 16.5. The van der Waals surface area contributed by atoms with Crippen molar-refractivity contribution in [3.8, 4) is 0 Å². The molecule has 2 aromatic rings. The lowest BCUT2D eigenvalue weighted by atomic mass is 10.2. The standard InChI is InChI=1S/C20H26ClN5O/c1-14-23-24-19(26(14)13-15-8-10-16(21)11-9-15)18-7-4-12-25(18)20(27)22-17-5-2-3-6-17/h8-11,17-18H,2-7,12-13H2,1H3,(H,22,27)/t18-/m1/s1. The van der Waals surface area contributed by atoms with Crippen molar-refractivity contribution in [2.75, 3.05) is 6.54 Å².